The van der Waals surface area contributed by atoms with Crippen molar-refractivity contribution in [1.82, 2.24) is 20.2 Å². The lowest BCUT2D eigenvalue weighted by atomic mass is 9.97. The van der Waals surface area contributed by atoms with Crippen LogP contribution in [0.15, 0.2) is 60.7 Å². The number of halogens is 1. The lowest BCUT2D eigenvalue weighted by Crippen LogP contribution is -2.27. The molecular formula is C27H22FN5O4. The number of nitrogens with zero attached hydrogens (tertiary/aromatic N) is 3. The van der Waals surface area contributed by atoms with E-state index in [1.165, 1.54) is 18.2 Å². The maximum Gasteiger partial charge on any atom is 0.325 e. The number of carbonyl (C=O) groups is 3. The quantitative estimate of drug-likeness (QED) is 0.296. The van der Waals surface area contributed by atoms with Gasteiger partial charge in [0.2, 0.25) is 12.4 Å². The third-order valence-electron chi connectivity index (χ3n) is 6.14. The van der Waals surface area contributed by atoms with Crippen molar-refractivity contribution in [3.8, 4) is 11.1 Å². The van der Waals surface area contributed by atoms with Crippen molar-refractivity contribution >= 4 is 35.1 Å². The smallest absolute Gasteiger partial charge is 0.325 e. The SMILES string of the molecule is Nc1nc(C(=O)N2Cc3ccccc3C2)c2cc(-c3cc(F)ccc3COC(=O)CNC=O)ccc2n1. The molecule has 0 saturated heterocycles. The summed E-state index contributed by atoms with van der Waals surface area (Å²) in [6.07, 6.45) is 0.397. The summed E-state index contributed by atoms with van der Waals surface area (Å²) in [4.78, 5) is 46.0. The lowest BCUT2D eigenvalue weighted by Gasteiger charge is -2.17. The standard InChI is InChI=1S/C27H22FN5O4/c28-20-7-5-19(14-37-24(35)11-30-15-34)21(10-20)16-6-8-23-22(9-16)25(32-27(29)31-23)26(36)33-12-17-3-1-2-4-18(17)13-33/h1-10,15H,11-14H2,(H,30,34)(H2,29,31,32). The first-order valence-electron chi connectivity index (χ1n) is 11.5. The fourth-order valence-electron chi connectivity index (χ4n) is 4.38. The molecule has 1 aliphatic heterocycles. The highest BCUT2D eigenvalue weighted by molar-refractivity contribution is 6.06. The highest BCUT2D eigenvalue weighted by atomic mass is 19.1. The Hall–Kier alpha value is -4.86. The number of esters is 1. The van der Waals surface area contributed by atoms with Crippen LogP contribution < -0.4 is 11.1 Å². The van der Waals surface area contributed by atoms with E-state index < -0.39 is 11.8 Å². The van der Waals surface area contributed by atoms with Crippen LogP contribution in [0.2, 0.25) is 0 Å². The molecule has 1 aromatic heterocycles. The Kier molecular flexibility index (Phi) is 6.46. The molecule has 9 nitrogen and oxygen atoms in total. The van der Waals surface area contributed by atoms with E-state index in [9.17, 15) is 18.8 Å². The number of anilines is 1. The summed E-state index contributed by atoms with van der Waals surface area (Å²) in [5.41, 5.74) is 10.3. The number of carbonyl (C=O) groups excluding carboxylic acids is 3. The second-order valence-electron chi connectivity index (χ2n) is 8.55. The van der Waals surface area contributed by atoms with E-state index in [0.717, 1.165) is 11.1 Å². The van der Waals surface area contributed by atoms with Crippen LogP contribution in [0, 0.1) is 5.82 Å². The van der Waals surface area contributed by atoms with E-state index in [4.69, 9.17) is 10.5 Å². The van der Waals surface area contributed by atoms with E-state index in [1.54, 1.807) is 23.1 Å². The number of benzene rings is 3. The van der Waals surface area contributed by atoms with Crippen LogP contribution in [-0.2, 0) is 34.0 Å². The van der Waals surface area contributed by atoms with Gasteiger partial charge in [0, 0.05) is 18.5 Å². The van der Waals surface area contributed by atoms with Crippen molar-refractivity contribution in [2.24, 2.45) is 0 Å². The predicted molar refractivity (Wildman–Crippen MR) is 133 cm³/mol. The molecule has 0 radical (unpaired) electrons. The van der Waals surface area contributed by atoms with Gasteiger partial charge in [0.15, 0.2) is 0 Å². The molecule has 2 heterocycles. The lowest BCUT2D eigenvalue weighted by molar-refractivity contribution is -0.144. The number of amides is 2. The molecule has 3 N–H and O–H groups in total. The van der Waals surface area contributed by atoms with Gasteiger partial charge in [0.1, 0.15) is 24.7 Å². The number of nitrogen functional groups attached to an aromatic ring is 1. The van der Waals surface area contributed by atoms with Crippen LogP contribution in [0.25, 0.3) is 22.0 Å². The van der Waals surface area contributed by atoms with Gasteiger partial charge in [-0.05, 0) is 52.1 Å². The zero-order chi connectivity index (χ0) is 25.9. The molecule has 0 fully saturated rings. The number of rotatable bonds is 7. The maximum atomic E-state index is 14.2. The average molecular weight is 500 g/mol. The van der Waals surface area contributed by atoms with E-state index in [2.05, 4.69) is 15.3 Å². The molecular weight excluding hydrogens is 477 g/mol. The Balaban J connectivity index is 1.50. The van der Waals surface area contributed by atoms with Gasteiger partial charge in [0.25, 0.3) is 5.91 Å². The Morgan fingerprint density at radius 3 is 2.54 bits per heavy atom. The molecule has 0 bridgehead atoms. The summed E-state index contributed by atoms with van der Waals surface area (Å²) in [7, 11) is 0. The molecule has 1 aliphatic rings. The number of nitrogens with one attached hydrogen (secondary N) is 1. The zero-order valence-electron chi connectivity index (χ0n) is 19.6. The van der Waals surface area contributed by atoms with Crippen molar-refractivity contribution in [3.05, 3.63) is 88.9 Å². The van der Waals surface area contributed by atoms with Crippen molar-refractivity contribution < 1.29 is 23.5 Å². The average Bonchev–Trinajstić information content (AvgIpc) is 3.34. The number of aromatic nitrogens is 2. The Morgan fingerprint density at radius 1 is 1.05 bits per heavy atom. The fraction of sp³-hybridized carbons (Fsp3) is 0.148. The molecule has 2 amide bonds. The summed E-state index contributed by atoms with van der Waals surface area (Å²) < 4.78 is 19.5. The normalized spacial score (nSPS) is 12.3. The van der Waals surface area contributed by atoms with Crippen LogP contribution in [0.1, 0.15) is 27.2 Å². The first-order valence-corrected chi connectivity index (χ1v) is 11.5. The van der Waals surface area contributed by atoms with Crippen LogP contribution in [0.3, 0.4) is 0 Å². The van der Waals surface area contributed by atoms with E-state index in [0.29, 0.717) is 47.1 Å². The molecule has 0 atom stereocenters. The molecule has 37 heavy (non-hydrogen) atoms. The molecule has 0 spiro atoms. The Morgan fingerprint density at radius 2 is 1.81 bits per heavy atom. The van der Waals surface area contributed by atoms with Gasteiger partial charge in [-0.2, -0.15) is 0 Å². The zero-order valence-corrected chi connectivity index (χ0v) is 19.6. The summed E-state index contributed by atoms with van der Waals surface area (Å²) in [5.74, 6) is -1.43. The molecule has 0 saturated carbocycles. The highest BCUT2D eigenvalue weighted by Crippen LogP contribution is 2.31. The monoisotopic (exact) mass is 499 g/mol. The van der Waals surface area contributed by atoms with Crippen molar-refractivity contribution in [2.45, 2.75) is 19.7 Å². The van der Waals surface area contributed by atoms with E-state index in [-0.39, 0.29) is 30.7 Å². The molecule has 0 aliphatic carbocycles. The highest BCUT2D eigenvalue weighted by Gasteiger charge is 2.27. The van der Waals surface area contributed by atoms with Crippen LogP contribution in [0.5, 0.6) is 0 Å². The van der Waals surface area contributed by atoms with Crippen LogP contribution in [-0.4, -0.2) is 39.7 Å². The Bertz CT molecular complexity index is 1520. The Labute approximate surface area is 211 Å². The predicted octanol–water partition coefficient (Wildman–Crippen LogP) is 2.96. The summed E-state index contributed by atoms with van der Waals surface area (Å²) in [5, 5.41) is 2.70. The molecule has 3 aromatic carbocycles. The number of nitrogens with two attached hydrogens (primary N) is 1. The first-order chi connectivity index (χ1) is 17.9. The van der Waals surface area contributed by atoms with Crippen LogP contribution in [0.4, 0.5) is 10.3 Å². The third kappa shape index (κ3) is 4.94. The second kappa shape index (κ2) is 10.0. The minimum atomic E-state index is -0.635. The minimum absolute atomic E-state index is 0.0254. The van der Waals surface area contributed by atoms with Crippen LogP contribution >= 0.6 is 0 Å². The number of fused-ring (bicyclic) bond motifs is 2. The topological polar surface area (TPSA) is 128 Å². The number of hydrogen-bond donors (Lipinski definition) is 2. The molecule has 10 heteroatoms. The fourth-order valence-corrected chi connectivity index (χ4v) is 4.38. The van der Waals surface area contributed by atoms with Gasteiger partial charge in [-0.1, -0.05) is 36.4 Å². The number of hydrogen-bond acceptors (Lipinski definition) is 7. The third-order valence-corrected chi connectivity index (χ3v) is 6.14. The molecule has 0 unspecified atom stereocenters. The van der Waals surface area contributed by atoms with E-state index in [1.807, 2.05) is 24.3 Å². The van der Waals surface area contributed by atoms with E-state index >= 15 is 0 Å². The largest absolute Gasteiger partial charge is 0.459 e. The van der Waals surface area contributed by atoms with Gasteiger partial charge >= 0.3 is 5.97 Å². The molecule has 4 aromatic rings. The summed E-state index contributed by atoms with van der Waals surface area (Å²) in [6, 6.07) is 17.1. The van der Waals surface area contributed by atoms with Crippen molar-refractivity contribution in [3.63, 3.8) is 0 Å². The molecule has 5 rings (SSSR count). The van der Waals surface area contributed by atoms with Gasteiger partial charge in [-0.15, -0.1) is 0 Å². The summed E-state index contributed by atoms with van der Waals surface area (Å²) in [6.45, 7) is 0.501. The summed E-state index contributed by atoms with van der Waals surface area (Å²) >= 11 is 0. The maximum absolute atomic E-state index is 14.2. The van der Waals surface area contributed by atoms with Gasteiger partial charge in [0.05, 0.1) is 5.52 Å². The van der Waals surface area contributed by atoms with Gasteiger partial charge in [-0.25, -0.2) is 14.4 Å². The number of ether oxygens (including phenoxy) is 1. The van der Waals surface area contributed by atoms with Crippen molar-refractivity contribution in [2.75, 3.05) is 12.3 Å². The minimum Gasteiger partial charge on any atom is -0.459 e. The van der Waals surface area contributed by atoms with Gasteiger partial charge < -0.3 is 20.7 Å². The van der Waals surface area contributed by atoms with Crippen molar-refractivity contribution in [1.29, 1.82) is 0 Å². The molecule has 186 valence electrons. The van der Waals surface area contributed by atoms with Gasteiger partial charge in [-0.3, -0.25) is 14.4 Å². The first kappa shape index (κ1) is 23.9. The second-order valence-corrected chi connectivity index (χ2v) is 8.55.